The summed E-state index contributed by atoms with van der Waals surface area (Å²) in [5, 5.41) is 34.6. The molecular weight excluding hydrogens is 707 g/mol. The number of hydrogen-bond donors (Lipinski definition) is 3. The van der Waals surface area contributed by atoms with Gasteiger partial charge in [-0.2, -0.15) is 0 Å². The lowest BCUT2D eigenvalue weighted by Crippen LogP contribution is -2.58. The first-order valence-electron chi connectivity index (χ1n) is 14.0. The molecule has 2 aromatic rings. The van der Waals surface area contributed by atoms with E-state index in [1.165, 1.54) is 39.2 Å². The quantitative estimate of drug-likeness (QED) is 0.145. The van der Waals surface area contributed by atoms with Crippen LogP contribution in [0, 0.1) is 0 Å². The Kier molecular flexibility index (Phi) is 8.72. The molecule has 1 aliphatic heterocycles. The number of ketones is 3. The fourth-order valence-corrected chi connectivity index (χ4v) is 7.11. The maximum atomic E-state index is 13.8. The minimum Gasteiger partial charge on any atom is -0.507 e. The van der Waals surface area contributed by atoms with Crippen LogP contribution < -0.4 is 4.74 Å². The molecule has 3 aliphatic rings. The monoisotopic (exact) mass is 738 g/mol. The van der Waals surface area contributed by atoms with E-state index in [0.717, 1.165) is 6.92 Å². The van der Waals surface area contributed by atoms with Crippen LogP contribution in [-0.2, 0) is 39.8 Å². The molecule has 0 spiro atoms. The molecule has 3 N–H and O–H groups in total. The predicted octanol–water partition coefficient (Wildman–Crippen LogP) is 2.62. The van der Waals surface area contributed by atoms with Gasteiger partial charge in [-0.05, 0) is 19.9 Å². The third-order valence-corrected chi connectivity index (χ3v) is 9.64. The summed E-state index contributed by atoms with van der Waals surface area (Å²) in [4.78, 5) is 64.0. The van der Waals surface area contributed by atoms with Crippen LogP contribution in [-0.4, -0.2) is 85.8 Å². The topological polar surface area (TPSA) is 192 Å². The van der Waals surface area contributed by atoms with Gasteiger partial charge in [0.2, 0.25) is 5.78 Å². The minimum atomic E-state index is -2.10. The molecule has 0 radical (unpaired) electrons. The molecule has 7 unspecified atom stereocenters. The van der Waals surface area contributed by atoms with E-state index in [0.29, 0.717) is 0 Å². The zero-order valence-electron chi connectivity index (χ0n) is 24.9. The summed E-state index contributed by atoms with van der Waals surface area (Å²) in [6.07, 6.45) is -6.42. The van der Waals surface area contributed by atoms with Crippen molar-refractivity contribution >= 4 is 51.9 Å². The lowest BCUT2D eigenvalue weighted by atomic mass is 9.72. The Hall–Kier alpha value is -3.60. The number of Topliss-reactive ketones (excluding diaryl/α,β-unsaturated/α-hetero) is 1. The summed E-state index contributed by atoms with van der Waals surface area (Å²) in [5.41, 5.74) is -3.49. The fourth-order valence-electron chi connectivity index (χ4n) is 6.22. The van der Waals surface area contributed by atoms with Gasteiger partial charge in [-0.1, -0.05) is 34.7 Å². The number of rotatable bonds is 6. The van der Waals surface area contributed by atoms with Crippen molar-refractivity contribution in [2.45, 2.75) is 80.8 Å². The molecule has 2 aliphatic carbocycles. The van der Waals surface area contributed by atoms with E-state index in [1.807, 2.05) is 22.6 Å². The van der Waals surface area contributed by atoms with E-state index >= 15 is 0 Å². The Labute approximate surface area is 270 Å². The van der Waals surface area contributed by atoms with Crippen molar-refractivity contribution in [2.24, 2.45) is 0 Å². The molecule has 2 aromatic carbocycles. The highest BCUT2D eigenvalue weighted by molar-refractivity contribution is 14.1. The number of carbonyl (C=O) groups excluding carboxylic acids is 5. The van der Waals surface area contributed by atoms with Gasteiger partial charge in [0.25, 0.3) is 0 Å². The molecule has 0 amide bonds. The number of phenols is 2. The number of halogens is 1. The van der Waals surface area contributed by atoms with Gasteiger partial charge in [-0.15, -0.1) is 0 Å². The standard InChI is InChI=1S/C31H31IO13/c1-11-28(43-13(3)34)29(44-14(4)35)23(32)30(42-11)45-18-10-31(40,12(2)33)9-16-20(18)27(39)22-21(25(16)37)24(36)15-7-6-8-17(41-5)19(15)26(22)38/h6-8,11,18,23,28-30,37,39-40H,9-10H2,1-5H3. The highest BCUT2D eigenvalue weighted by atomic mass is 127. The maximum Gasteiger partial charge on any atom is 0.303 e. The van der Waals surface area contributed by atoms with Crippen LogP contribution in [0.2, 0.25) is 0 Å². The van der Waals surface area contributed by atoms with Crippen LogP contribution in [0.3, 0.4) is 0 Å². The minimum absolute atomic E-state index is 0.0527. The average Bonchev–Trinajstić information content (AvgIpc) is 2.96. The van der Waals surface area contributed by atoms with Crippen molar-refractivity contribution in [1.29, 1.82) is 0 Å². The van der Waals surface area contributed by atoms with E-state index in [9.17, 15) is 39.3 Å². The van der Waals surface area contributed by atoms with Gasteiger partial charge in [0, 0.05) is 43.4 Å². The van der Waals surface area contributed by atoms with Crippen LogP contribution in [0.4, 0.5) is 0 Å². The number of phenolic OH excluding ortho intramolecular Hbond substituents is 2. The van der Waals surface area contributed by atoms with Crippen molar-refractivity contribution in [1.82, 2.24) is 0 Å². The summed E-state index contributed by atoms with van der Waals surface area (Å²) < 4.78 is 27.6. The summed E-state index contributed by atoms with van der Waals surface area (Å²) in [5.74, 6) is -4.79. The first-order valence-corrected chi connectivity index (χ1v) is 15.3. The smallest absolute Gasteiger partial charge is 0.303 e. The summed E-state index contributed by atoms with van der Waals surface area (Å²) in [6.45, 7) is 5.09. The third kappa shape index (κ3) is 5.47. The molecule has 1 saturated heterocycles. The molecule has 0 bridgehead atoms. The Bertz CT molecular complexity index is 1630. The van der Waals surface area contributed by atoms with E-state index in [4.69, 9.17) is 23.7 Å². The van der Waals surface area contributed by atoms with Crippen molar-refractivity contribution < 1.29 is 63.0 Å². The normalized spacial score (nSPS) is 28.8. The van der Waals surface area contributed by atoms with E-state index in [2.05, 4.69) is 0 Å². The molecule has 13 nitrogen and oxygen atoms in total. The largest absolute Gasteiger partial charge is 0.507 e. The number of aromatic hydroxyl groups is 2. The van der Waals surface area contributed by atoms with Crippen molar-refractivity contribution in [3.8, 4) is 17.2 Å². The first-order chi connectivity index (χ1) is 21.1. The van der Waals surface area contributed by atoms with E-state index in [1.54, 1.807) is 6.92 Å². The van der Waals surface area contributed by atoms with Gasteiger partial charge in [-0.3, -0.25) is 24.0 Å². The second-order valence-electron chi connectivity index (χ2n) is 11.3. The van der Waals surface area contributed by atoms with Crippen molar-refractivity contribution in [2.75, 3.05) is 7.11 Å². The second kappa shape index (κ2) is 12.0. The number of methoxy groups -OCH3 is 1. The van der Waals surface area contributed by atoms with Crippen LogP contribution in [0.5, 0.6) is 17.2 Å². The molecule has 1 fully saturated rings. The molecule has 5 rings (SSSR count). The maximum absolute atomic E-state index is 13.8. The van der Waals surface area contributed by atoms with Gasteiger partial charge in [0.1, 0.15) is 26.8 Å². The first kappa shape index (κ1) is 32.8. The Morgan fingerprint density at radius 3 is 2.18 bits per heavy atom. The van der Waals surface area contributed by atoms with Crippen LogP contribution in [0.15, 0.2) is 18.2 Å². The van der Waals surface area contributed by atoms with Crippen LogP contribution in [0.25, 0.3) is 0 Å². The molecule has 45 heavy (non-hydrogen) atoms. The number of hydrogen-bond acceptors (Lipinski definition) is 13. The molecule has 0 aromatic heterocycles. The average molecular weight is 738 g/mol. The highest BCUT2D eigenvalue weighted by Gasteiger charge is 2.52. The zero-order valence-corrected chi connectivity index (χ0v) is 27.1. The number of aliphatic hydroxyl groups is 1. The second-order valence-corrected chi connectivity index (χ2v) is 12.7. The number of ether oxygens (including phenoxy) is 5. The summed E-state index contributed by atoms with van der Waals surface area (Å²) in [7, 11) is 1.32. The number of carbonyl (C=O) groups is 5. The fraction of sp³-hybridized carbons (Fsp3) is 0.452. The molecule has 7 atom stereocenters. The number of benzene rings is 2. The van der Waals surface area contributed by atoms with Gasteiger partial charge < -0.3 is 39.0 Å². The van der Waals surface area contributed by atoms with Crippen LogP contribution in [0.1, 0.15) is 83.2 Å². The Morgan fingerprint density at radius 1 is 0.956 bits per heavy atom. The lowest BCUT2D eigenvalue weighted by Gasteiger charge is -2.45. The van der Waals surface area contributed by atoms with Crippen LogP contribution >= 0.6 is 22.6 Å². The van der Waals surface area contributed by atoms with Gasteiger partial charge in [0.05, 0.1) is 36.0 Å². The zero-order chi connectivity index (χ0) is 33.1. The third-order valence-electron chi connectivity index (χ3n) is 8.34. The summed E-state index contributed by atoms with van der Waals surface area (Å²) >= 11 is 1.90. The number of fused-ring (bicyclic) bond motifs is 3. The van der Waals surface area contributed by atoms with Crippen molar-refractivity contribution in [3.63, 3.8) is 0 Å². The molecule has 0 saturated carbocycles. The molecular formula is C31H31IO13. The molecule has 1 heterocycles. The van der Waals surface area contributed by atoms with E-state index < -0.39 is 105 Å². The number of alkyl halides is 1. The van der Waals surface area contributed by atoms with E-state index in [-0.39, 0.29) is 28.0 Å². The number of esters is 2. The van der Waals surface area contributed by atoms with Crippen molar-refractivity contribution in [3.05, 3.63) is 51.6 Å². The highest BCUT2D eigenvalue weighted by Crippen LogP contribution is 2.53. The Balaban J connectivity index is 1.64. The summed E-state index contributed by atoms with van der Waals surface area (Å²) in [6, 6.07) is 4.37. The van der Waals surface area contributed by atoms with Gasteiger partial charge in [-0.25, -0.2) is 0 Å². The lowest BCUT2D eigenvalue weighted by molar-refractivity contribution is -0.265. The Morgan fingerprint density at radius 2 is 1.58 bits per heavy atom. The molecule has 14 heteroatoms. The SMILES string of the molecule is COc1cccc2c1C(=O)c1c(O)c3c(c(O)c1C2=O)CC(O)(C(C)=O)CC3OC1OC(C)C(OC(C)=O)C(OC(C)=O)C1I. The van der Waals surface area contributed by atoms with Gasteiger partial charge >= 0.3 is 11.9 Å². The van der Waals surface area contributed by atoms with Gasteiger partial charge in [0.15, 0.2) is 30.1 Å². The molecule has 240 valence electrons. The predicted molar refractivity (Wildman–Crippen MR) is 161 cm³/mol.